The van der Waals surface area contributed by atoms with Gasteiger partial charge in [-0.05, 0) is 43.5 Å². The van der Waals surface area contributed by atoms with E-state index in [0.29, 0.717) is 12.1 Å². The van der Waals surface area contributed by atoms with Gasteiger partial charge in [0.25, 0.3) is 0 Å². The molecule has 2 aromatic rings. The monoisotopic (exact) mass is 278 g/mol. The van der Waals surface area contributed by atoms with E-state index in [0.717, 1.165) is 17.3 Å². The lowest BCUT2D eigenvalue weighted by Crippen LogP contribution is -2.15. The van der Waals surface area contributed by atoms with Crippen LogP contribution < -0.4 is 5.73 Å². The van der Waals surface area contributed by atoms with Crippen LogP contribution in [0.25, 0.3) is 10.9 Å². The van der Waals surface area contributed by atoms with Crippen molar-refractivity contribution in [2.24, 2.45) is 5.73 Å². The van der Waals surface area contributed by atoms with Gasteiger partial charge in [-0.1, -0.05) is 15.9 Å². The first-order chi connectivity index (χ1) is 7.74. The quantitative estimate of drug-likeness (QED) is 0.851. The first-order valence-electron chi connectivity index (χ1n) is 5.76. The van der Waals surface area contributed by atoms with E-state index in [1.54, 1.807) is 0 Å². The maximum atomic E-state index is 5.98. The maximum Gasteiger partial charge on any atom is 0.0483 e. The molecular weight excluding hydrogens is 264 g/mol. The molecule has 0 aliphatic heterocycles. The number of hydrogen-bond acceptors (Lipinski definition) is 1. The maximum absolute atomic E-state index is 5.98. The number of benzene rings is 1. The molecule has 2 atom stereocenters. The van der Waals surface area contributed by atoms with Crippen molar-refractivity contribution in [3.8, 4) is 0 Å². The predicted molar refractivity (Wildman–Crippen MR) is 70.5 cm³/mol. The molecule has 0 saturated heterocycles. The van der Waals surface area contributed by atoms with Crippen molar-refractivity contribution < 1.29 is 0 Å². The van der Waals surface area contributed by atoms with Crippen LogP contribution in [0.2, 0.25) is 0 Å². The van der Waals surface area contributed by atoms with Crippen LogP contribution in [0.5, 0.6) is 0 Å². The van der Waals surface area contributed by atoms with Crippen molar-refractivity contribution in [1.29, 1.82) is 0 Å². The molecular formula is C13H15BrN2. The summed E-state index contributed by atoms with van der Waals surface area (Å²) in [5, 5.41) is 1.30. The Bertz CT molecular complexity index is 518. The Morgan fingerprint density at radius 2 is 2.12 bits per heavy atom. The third kappa shape index (κ3) is 1.68. The van der Waals surface area contributed by atoms with E-state index in [1.807, 2.05) is 0 Å². The number of nitrogens with zero attached hydrogens (tertiary/aromatic N) is 1. The Labute approximate surface area is 104 Å². The summed E-state index contributed by atoms with van der Waals surface area (Å²) in [7, 11) is 0. The van der Waals surface area contributed by atoms with Crippen molar-refractivity contribution in [2.45, 2.75) is 31.3 Å². The van der Waals surface area contributed by atoms with Gasteiger partial charge in [0.2, 0.25) is 0 Å². The molecule has 2 unspecified atom stereocenters. The van der Waals surface area contributed by atoms with E-state index in [2.05, 4.69) is 51.0 Å². The third-order valence-electron chi connectivity index (χ3n) is 3.52. The normalized spacial score (nSPS) is 25.4. The number of hydrogen-bond donors (Lipinski definition) is 1. The molecule has 1 aliphatic carbocycles. The molecule has 3 rings (SSSR count). The fraction of sp³-hybridized carbons (Fsp3) is 0.385. The molecule has 2 N–H and O–H groups in total. The molecule has 0 amide bonds. The van der Waals surface area contributed by atoms with Gasteiger partial charge in [0.1, 0.15) is 0 Å². The highest BCUT2D eigenvalue weighted by molar-refractivity contribution is 9.10. The van der Waals surface area contributed by atoms with E-state index in [1.165, 1.54) is 17.3 Å². The van der Waals surface area contributed by atoms with Crippen molar-refractivity contribution in [2.75, 3.05) is 0 Å². The summed E-state index contributed by atoms with van der Waals surface area (Å²) in [5.41, 5.74) is 7.30. The Balaban J connectivity index is 2.04. The molecule has 0 spiro atoms. The zero-order chi connectivity index (χ0) is 11.1. The minimum atomic E-state index is 0.387. The Kier molecular flexibility index (Phi) is 2.52. The molecule has 84 valence electrons. The Morgan fingerprint density at radius 3 is 2.88 bits per heavy atom. The van der Waals surface area contributed by atoms with Crippen LogP contribution in [0, 0.1) is 0 Å². The van der Waals surface area contributed by atoms with Crippen molar-refractivity contribution in [3.63, 3.8) is 0 Å². The van der Waals surface area contributed by atoms with Gasteiger partial charge in [0.15, 0.2) is 0 Å². The van der Waals surface area contributed by atoms with Crippen LogP contribution in [0.1, 0.15) is 25.3 Å². The van der Waals surface area contributed by atoms with Gasteiger partial charge in [0.05, 0.1) is 0 Å². The van der Waals surface area contributed by atoms with E-state index >= 15 is 0 Å². The number of rotatable bonds is 1. The summed E-state index contributed by atoms with van der Waals surface area (Å²) < 4.78 is 3.52. The highest BCUT2D eigenvalue weighted by atomic mass is 79.9. The second-order valence-corrected chi connectivity index (χ2v) is 5.57. The second-order valence-electron chi connectivity index (χ2n) is 4.65. The molecule has 1 aromatic carbocycles. The SMILES string of the molecule is NC1CCC(n2ccc3cc(Br)ccc32)C1. The zero-order valence-corrected chi connectivity index (χ0v) is 10.7. The van der Waals surface area contributed by atoms with Crippen molar-refractivity contribution in [1.82, 2.24) is 4.57 Å². The van der Waals surface area contributed by atoms with Crippen molar-refractivity contribution >= 4 is 26.8 Å². The van der Waals surface area contributed by atoms with E-state index in [-0.39, 0.29) is 0 Å². The molecule has 0 radical (unpaired) electrons. The van der Waals surface area contributed by atoms with E-state index in [9.17, 15) is 0 Å². The van der Waals surface area contributed by atoms with Crippen molar-refractivity contribution in [3.05, 3.63) is 34.9 Å². The average Bonchev–Trinajstić information content (AvgIpc) is 2.83. The van der Waals surface area contributed by atoms with Gasteiger partial charge in [0, 0.05) is 33.7 Å². The van der Waals surface area contributed by atoms with Gasteiger partial charge in [-0.25, -0.2) is 0 Å². The van der Waals surface area contributed by atoms with E-state index < -0.39 is 0 Å². The molecule has 1 aromatic heterocycles. The van der Waals surface area contributed by atoms with Crippen LogP contribution in [0.4, 0.5) is 0 Å². The lowest BCUT2D eigenvalue weighted by atomic mass is 10.2. The first kappa shape index (κ1) is 10.4. The number of fused-ring (bicyclic) bond motifs is 1. The number of halogens is 1. The molecule has 1 saturated carbocycles. The Morgan fingerprint density at radius 1 is 1.25 bits per heavy atom. The molecule has 3 heteroatoms. The third-order valence-corrected chi connectivity index (χ3v) is 4.01. The molecule has 1 aliphatic rings. The highest BCUT2D eigenvalue weighted by Crippen LogP contribution is 2.32. The molecule has 1 fully saturated rings. The minimum absolute atomic E-state index is 0.387. The summed E-state index contributed by atoms with van der Waals surface area (Å²) in [6.45, 7) is 0. The van der Waals surface area contributed by atoms with Gasteiger partial charge in [-0.3, -0.25) is 0 Å². The highest BCUT2D eigenvalue weighted by Gasteiger charge is 2.23. The average molecular weight is 279 g/mol. The summed E-state index contributed by atoms with van der Waals surface area (Å²) in [5.74, 6) is 0. The smallest absolute Gasteiger partial charge is 0.0483 e. The van der Waals surface area contributed by atoms with Gasteiger partial charge in [-0.15, -0.1) is 0 Å². The fourth-order valence-electron chi connectivity index (χ4n) is 2.70. The molecule has 2 nitrogen and oxygen atoms in total. The first-order valence-corrected chi connectivity index (χ1v) is 6.55. The summed E-state index contributed by atoms with van der Waals surface area (Å²) in [6.07, 6.45) is 5.67. The second kappa shape index (κ2) is 3.90. The fourth-order valence-corrected chi connectivity index (χ4v) is 3.08. The van der Waals surface area contributed by atoms with Gasteiger partial charge < -0.3 is 10.3 Å². The van der Waals surface area contributed by atoms with Crippen LogP contribution in [-0.2, 0) is 0 Å². The number of nitrogens with two attached hydrogens (primary N) is 1. The molecule has 0 bridgehead atoms. The van der Waals surface area contributed by atoms with Crippen LogP contribution >= 0.6 is 15.9 Å². The Hall–Kier alpha value is -0.800. The minimum Gasteiger partial charge on any atom is -0.344 e. The summed E-state index contributed by atoms with van der Waals surface area (Å²) in [4.78, 5) is 0. The molecule has 1 heterocycles. The number of aromatic nitrogens is 1. The van der Waals surface area contributed by atoms with Crippen LogP contribution in [0.3, 0.4) is 0 Å². The lowest BCUT2D eigenvalue weighted by Gasteiger charge is -2.13. The zero-order valence-electron chi connectivity index (χ0n) is 9.07. The largest absolute Gasteiger partial charge is 0.344 e. The van der Waals surface area contributed by atoms with Crippen LogP contribution in [0.15, 0.2) is 34.9 Å². The summed E-state index contributed by atoms with van der Waals surface area (Å²) >= 11 is 3.51. The lowest BCUT2D eigenvalue weighted by molar-refractivity contribution is 0.526. The predicted octanol–water partition coefficient (Wildman–Crippen LogP) is 3.46. The van der Waals surface area contributed by atoms with E-state index in [4.69, 9.17) is 5.73 Å². The van der Waals surface area contributed by atoms with Gasteiger partial charge >= 0.3 is 0 Å². The molecule has 16 heavy (non-hydrogen) atoms. The topological polar surface area (TPSA) is 30.9 Å². The summed E-state index contributed by atoms with van der Waals surface area (Å²) in [6, 6.07) is 9.62. The van der Waals surface area contributed by atoms with Gasteiger partial charge in [-0.2, -0.15) is 0 Å². The standard InChI is InChI=1S/C13H15BrN2/c14-10-1-4-13-9(7-10)5-6-16(13)12-3-2-11(15)8-12/h1,4-7,11-12H,2-3,8,15H2. The van der Waals surface area contributed by atoms with Crippen LogP contribution in [-0.4, -0.2) is 10.6 Å².